The zero-order chi connectivity index (χ0) is 11.7. The Morgan fingerprint density at radius 2 is 2.25 bits per heavy atom. The van der Waals surface area contributed by atoms with Crippen LogP contribution in [0.15, 0.2) is 18.2 Å². The predicted molar refractivity (Wildman–Crippen MR) is 59.0 cm³/mol. The first kappa shape index (κ1) is 11.0. The van der Waals surface area contributed by atoms with Crippen molar-refractivity contribution in [3.05, 3.63) is 40.7 Å². The van der Waals surface area contributed by atoms with Gasteiger partial charge < -0.3 is 5.73 Å². The molecular formula is C10H10ClFN4. The minimum Gasteiger partial charge on any atom is -0.324 e. The fourth-order valence-corrected chi connectivity index (χ4v) is 1.57. The SMILES string of the molecule is Cc1nc(CN)nn1-c1ccc(F)c(Cl)c1. The highest BCUT2D eigenvalue weighted by Crippen LogP contribution is 2.19. The van der Waals surface area contributed by atoms with E-state index < -0.39 is 5.82 Å². The molecule has 0 aliphatic heterocycles. The van der Waals surface area contributed by atoms with Crippen LogP contribution < -0.4 is 5.73 Å². The molecule has 0 radical (unpaired) electrons. The molecule has 0 fully saturated rings. The highest BCUT2D eigenvalue weighted by atomic mass is 35.5. The second-order valence-corrected chi connectivity index (χ2v) is 3.70. The molecule has 0 spiro atoms. The number of nitrogens with zero attached hydrogens (tertiary/aromatic N) is 3. The molecule has 84 valence electrons. The summed E-state index contributed by atoms with van der Waals surface area (Å²) in [6.07, 6.45) is 0. The van der Waals surface area contributed by atoms with Crippen LogP contribution in [0, 0.1) is 12.7 Å². The molecule has 6 heteroatoms. The van der Waals surface area contributed by atoms with E-state index in [1.165, 1.54) is 12.1 Å². The van der Waals surface area contributed by atoms with Gasteiger partial charge in [-0.3, -0.25) is 0 Å². The number of benzene rings is 1. The van der Waals surface area contributed by atoms with E-state index in [0.29, 0.717) is 17.3 Å². The molecule has 0 unspecified atom stereocenters. The van der Waals surface area contributed by atoms with Gasteiger partial charge in [0, 0.05) is 0 Å². The van der Waals surface area contributed by atoms with Crippen LogP contribution in [0.25, 0.3) is 5.69 Å². The first-order valence-electron chi connectivity index (χ1n) is 4.70. The van der Waals surface area contributed by atoms with Crippen LogP contribution in [-0.2, 0) is 6.54 Å². The first-order valence-corrected chi connectivity index (χ1v) is 5.07. The van der Waals surface area contributed by atoms with E-state index >= 15 is 0 Å². The fraction of sp³-hybridized carbons (Fsp3) is 0.200. The highest BCUT2D eigenvalue weighted by Gasteiger charge is 2.08. The Bertz CT molecular complexity index is 524. The second-order valence-electron chi connectivity index (χ2n) is 3.29. The normalized spacial score (nSPS) is 10.8. The van der Waals surface area contributed by atoms with E-state index in [2.05, 4.69) is 10.1 Å². The van der Waals surface area contributed by atoms with Crippen molar-refractivity contribution >= 4 is 11.6 Å². The smallest absolute Gasteiger partial charge is 0.164 e. The molecule has 16 heavy (non-hydrogen) atoms. The Morgan fingerprint density at radius 3 is 2.81 bits per heavy atom. The third-order valence-electron chi connectivity index (χ3n) is 2.14. The number of aryl methyl sites for hydroxylation is 1. The van der Waals surface area contributed by atoms with Gasteiger partial charge in [-0.1, -0.05) is 11.6 Å². The zero-order valence-corrected chi connectivity index (χ0v) is 9.37. The Hall–Kier alpha value is -1.46. The van der Waals surface area contributed by atoms with Crippen molar-refractivity contribution in [1.29, 1.82) is 0 Å². The average Bonchev–Trinajstić information content (AvgIpc) is 2.64. The van der Waals surface area contributed by atoms with Crippen LogP contribution >= 0.6 is 11.6 Å². The third kappa shape index (κ3) is 1.91. The lowest BCUT2D eigenvalue weighted by Crippen LogP contribution is -2.02. The van der Waals surface area contributed by atoms with Crippen LogP contribution in [0.5, 0.6) is 0 Å². The van der Waals surface area contributed by atoms with Crippen molar-refractivity contribution in [1.82, 2.24) is 14.8 Å². The summed E-state index contributed by atoms with van der Waals surface area (Å²) in [5.74, 6) is 0.767. The first-order chi connectivity index (χ1) is 7.61. The molecule has 0 aliphatic carbocycles. The molecule has 0 bridgehead atoms. The van der Waals surface area contributed by atoms with Gasteiger partial charge in [-0.05, 0) is 25.1 Å². The Morgan fingerprint density at radius 1 is 1.50 bits per heavy atom. The van der Waals surface area contributed by atoms with Gasteiger partial charge in [-0.15, -0.1) is 5.10 Å². The molecule has 4 nitrogen and oxygen atoms in total. The molecule has 1 heterocycles. The summed E-state index contributed by atoms with van der Waals surface area (Å²) >= 11 is 5.70. The summed E-state index contributed by atoms with van der Waals surface area (Å²) < 4.78 is 14.6. The van der Waals surface area contributed by atoms with Crippen molar-refractivity contribution in [2.45, 2.75) is 13.5 Å². The Labute approximate surface area is 96.9 Å². The highest BCUT2D eigenvalue weighted by molar-refractivity contribution is 6.30. The minimum atomic E-state index is -0.456. The van der Waals surface area contributed by atoms with E-state index in [4.69, 9.17) is 17.3 Å². The van der Waals surface area contributed by atoms with Gasteiger partial charge in [-0.2, -0.15) is 0 Å². The minimum absolute atomic E-state index is 0.0571. The molecule has 1 aromatic heterocycles. The summed E-state index contributed by atoms with van der Waals surface area (Å²) in [6.45, 7) is 2.06. The maximum atomic E-state index is 13.0. The predicted octanol–water partition coefficient (Wildman–Crippen LogP) is 1.83. The lowest BCUT2D eigenvalue weighted by Gasteiger charge is -2.03. The largest absolute Gasteiger partial charge is 0.324 e. The number of nitrogens with two attached hydrogens (primary N) is 1. The van der Waals surface area contributed by atoms with Crippen molar-refractivity contribution < 1.29 is 4.39 Å². The van der Waals surface area contributed by atoms with Crippen molar-refractivity contribution in [2.75, 3.05) is 0 Å². The zero-order valence-electron chi connectivity index (χ0n) is 8.61. The van der Waals surface area contributed by atoms with E-state index in [9.17, 15) is 4.39 Å². The van der Waals surface area contributed by atoms with Crippen molar-refractivity contribution in [2.24, 2.45) is 5.73 Å². The maximum absolute atomic E-state index is 13.0. The molecule has 0 atom stereocenters. The van der Waals surface area contributed by atoms with E-state index in [1.54, 1.807) is 17.7 Å². The van der Waals surface area contributed by atoms with Crippen LogP contribution in [-0.4, -0.2) is 14.8 Å². The van der Waals surface area contributed by atoms with E-state index in [-0.39, 0.29) is 11.6 Å². The van der Waals surface area contributed by atoms with Gasteiger partial charge in [0.25, 0.3) is 0 Å². The molecule has 0 amide bonds. The Kier molecular flexibility index (Phi) is 2.89. The van der Waals surface area contributed by atoms with Gasteiger partial charge >= 0.3 is 0 Å². The average molecular weight is 241 g/mol. The fourth-order valence-electron chi connectivity index (χ4n) is 1.39. The monoisotopic (exact) mass is 240 g/mol. The summed E-state index contributed by atoms with van der Waals surface area (Å²) in [7, 11) is 0. The standard InChI is InChI=1S/C10H10ClFN4/c1-6-14-10(5-13)15-16(6)7-2-3-9(12)8(11)4-7/h2-4H,5,13H2,1H3. The number of halogens is 2. The van der Waals surface area contributed by atoms with E-state index in [1.807, 2.05) is 0 Å². The molecule has 0 aliphatic rings. The second kappa shape index (κ2) is 4.19. The molecular weight excluding hydrogens is 231 g/mol. The maximum Gasteiger partial charge on any atom is 0.164 e. The summed E-state index contributed by atoms with van der Waals surface area (Å²) in [6, 6.07) is 4.38. The van der Waals surface area contributed by atoms with Crippen molar-refractivity contribution in [3.8, 4) is 5.69 Å². The number of aromatic nitrogens is 3. The molecule has 0 saturated heterocycles. The molecule has 1 aromatic carbocycles. The Balaban J connectivity index is 2.49. The third-order valence-corrected chi connectivity index (χ3v) is 2.43. The lowest BCUT2D eigenvalue weighted by molar-refractivity contribution is 0.627. The van der Waals surface area contributed by atoms with Crippen LogP contribution in [0.3, 0.4) is 0 Å². The summed E-state index contributed by atoms with van der Waals surface area (Å²) in [5.41, 5.74) is 6.10. The number of hydrogen-bond acceptors (Lipinski definition) is 3. The molecule has 2 aromatic rings. The van der Waals surface area contributed by atoms with Gasteiger partial charge in [0.1, 0.15) is 11.6 Å². The van der Waals surface area contributed by atoms with Crippen LogP contribution in [0.1, 0.15) is 11.6 Å². The molecule has 0 saturated carbocycles. The van der Waals surface area contributed by atoms with Crippen LogP contribution in [0.4, 0.5) is 4.39 Å². The lowest BCUT2D eigenvalue weighted by atomic mass is 10.3. The topological polar surface area (TPSA) is 56.7 Å². The molecule has 2 rings (SSSR count). The number of hydrogen-bond donors (Lipinski definition) is 1. The number of rotatable bonds is 2. The summed E-state index contributed by atoms with van der Waals surface area (Å²) in [4.78, 5) is 4.15. The van der Waals surface area contributed by atoms with Gasteiger partial charge in [0.15, 0.2) is 5.82 Å². The molecule has 2 N–H and O–H groups in total. The van der Waals surface area contributed by atoms with Gasteiger partial charge in [0.05, 0.1) is 17.3 Å². The van der Waals surface area contributed by atoms with Crippen molar-refractivity contribution in [3.63, 3.8) is 0 Å². The quantitative estimate of drug-likeness (QED) is 0.871. The van der Waals surface area contributed by atoms with Gasteiger partial charge in [-0.25, -0.2) is 14.1 Å². The van der Waals surface area contributed by atoms with E-state index in [0.717, 1.165) is 0 Å². The van der Waals surface area contributed by atoms with Crippen LogP contribution in [0.2, 0.25) is 5.02 Å². The summed E-state index contributed by atoms with van der Waals surface area (Å²) in [5, 5.41) is 4.23. The van der Waals surface area contributed by atoms with Gasteiger partial charge in [0.2, 0.25) is 0 Å².